The molecule has 0 spiro atoms. The Morgan fingerprint density at radius 3 is 2.40 bits per heavy atom. The van der Waals surface area contributed by atoms with Crippen LogP contribution in [0, 0.1) is 5.82 Å². The number of aromatic nitrogens is 3. The quantitative estimate of drug-likeness (QED) is 0.215. The lowest BCUT2D eigenvalue weighted by atomic mass is 10.0. The van der Waals surface area contributed by atoms with Crippen molar-refractivity contribution in [2.45, 2.75) is 13.5 Å². The molecular formula is C31H27FN4O4. The van der Waals surface area contributed by atoms with Gasteiger partial charge in [0.1, 0.15) is 17.3 Å². The molecule has 0 bridgehead atoms. The molecule has 0 radical (unpaired) electrons. The highest BCUT2D eigenvalue weighted by Crippen LogP contribution is 2.34. The van der Waals surface area contributed by atoms with Crippen LogP contribution < -0.4 is 10.1 Å². The van der Waals surface area contributed by atoms with Crippen molar-refractivity contribution in [3.8, 4) is 28.1 Å². The normalized spacial score (nSPS) is 10.8. The lowest BCUT2D eigenvalue weighted by molar-refractivity contribution is -0.118. The van der Waals surface area contributed by atoms with Crippen LogP contribution in [-0.4, -0.2) is 39.9 Å². The highest BCUT2D eigenvalue weighted by Gasteiger charge is 2.17. The summed E-state index contributed by atoms with van der Waals surface area (Å²) in [4.78, 5) is 24.4. The van der Waals surface area contributed by atoms with Crippen molar-refractivity contribution < 1.29 is 23.5 Å². The highest BCUT2D eigenvalue weighted by atomic mass is 19.1. The van der Waals surface area contributed by atoms with E-state index in [0.29, 0.717) is 23.7 Å². The van der Waals surface area contributed by atoms with Gasteiger partial charge in [0.2, 0.25) is 0 Å². The number of ether oxygens (including phenoxy) is 2. The number of benzene rings is 3. The first-order valence-electron chi connectivity index (χ1n) is 12.7. The van der Waals surface area contributed by atoms with Gasteiger partial charge in [0.25, 0.3) is 5.91 Å². The van der Waals surface area contributed by atoms with E-state index >= 15 is 0 Å². The Bertz CT molecular complexity index is 1590. The topological polar surface area (TPSA) is 98.2 Å². The molecule has 0 aliphatic rings. The summed E-state index contributed by atoms with van der Waals surface area (Å²) in [6.07, 6.45) is 3.91. The molecule has 8 nitrogen and oxygen atoms in total. The number of rotatable bonds is 10. The molecule has 1 amide bonds. The van der Waals surface area contributed by atoms with Gasteiger partial charge in [-0.25, -0.2) is 9.18 Å². The number of amides is 1. The van der Waals surface area contributed by atoms with Crippen LogP contribution in [0.25, 0.3) is 22.4 Å². The van der Waals surface area contributed by atoms with Gasteiger partial charge in [-0.2, -0.15) is 5.10 Å². The van der Waals surface area contributed by atoms with E-state index in [-0.39, 0.29) is 30.6 Å². The summed E-state index contributed by atoms with van der Waals surface area (Å²) in [5.41, 5.74) is 5.02. The summed E-state index contributed by atoms with van der Waals surface area (Å²) in [7, 11) is 0. The van der Waals surface area contributed by atoms with Gasteiger partial charge in [0, 0.05) is 35.8 Å². The summed E-state index contributed by atoms with van der Waals surface area (Å²) in [5, 5.41) is 9.89. The van der Waals surface area contributed by atoms with Gasteiger partial charge in [-0.1, -0.05) is 42.5 Å². The van der Waals surface area contributed by atoms with Crippen molar-refractivity contribution in [1.82, 2.24) is 14.8 Å². The molecule has 2 N–H and O–H groups in total. The predicted octanol–water partition coefficient (Wildman–Crippen LogP) is 5.93. The first-order valence-corrected chi connectivity index (χ1v) is 12.7. The van der Waals surface area contributed by atoms with Crippen molar-refractivity contribution >= 4 is 17.6 Å². The minimum atomic E-state index is -0.480. The van der Waals surface area contributed by atoms with Crippen LogP contribution in [0.2, 0.25) is 0 Å². The van der Waals surface area contributed by atoms with E-state index in [4.69, 9.17) is 9.47 Å². The SMILES string of the molecule is CCOC(=O)c1cc(-c2cn(Cc3ccc(F)cc3)cc2-c2ccc(OCC(=O)Nc3ccccc3)cc2)n[nH]1. The van der Waals surface area contributed by atoms with Crippen LogP contribution in [0.1, 0.15) is 23.0 Å². The average molecular weight is 539 g/mol. The fraction of sp³-hybridized carbons (Fsp3) is 0.129. The molecule has 0 atom stereocenters. The number of nitrogens with one attached hydrogen (secondary N) is 2. The van der Waals surface area contributed by atoms with E-state index in [1.165, 1.54) is 12.1 Å². The number of hydrogen-bond acceptors (Lipinski definition) is 5. The maximum Gasteiger partial charge on any atom is 0.356 e. The molecule has 5 aromatic rings. The average Bonchev–Trinajstić information content (AvgIpc) is 3.62. The Kier molecular flexibility index (Phi) is 8.01. The molecule has 40 heavy (non-hydrogen) atoms. The van der Waals surface area contributed by atoms with Crippen LogP contribution in [-0.2, 0) is 16.1 Å². The van der Waals surface area contributed by atoms with Gasteiger partial charge in [-0.3, -0.25) is 9.89 Å². The summed E-state index contributed by atoms with van der Waals surface area (Å²) in [6, 6.07) is 24.5. The number of hydrogen-bond donors (Lipinski definition) is 2. The molecule has 0 saturated carbocycles. The molecule has 9 heteroatoms. The van der Waals surface area contributed by atoms with Gasteiger partial charge in [-0.15, -0.1) is 0 Å². The largest absolute Gasteiger partial charge is 0.484 e. The van der Waals surface area contributed by atoms with E-state index in [1.807, 2.05) is 59.4 Å². The van der Waals surface area contributed by atoms with Gasteiger partial charge >= 0.3 is 5.97 Å². The predicted molar refractivity (Wildman–Crippen MR) is 149 cm³/mol. The Balaban J connectivity index is 1.36. The Morgan fingerprint density at radius 1 is 0.950 bits per heavy atom. The first-order chi connectivity index (χ1) is 19.5. The minimum absolute atomic E-state index is 0.128. The number of esters is 1. The molecule has 2 aromatic heterocycles. The zero-order valence-corrected chi connectivity index (χ0v) is 21.8. The van der Waals surface area contributed by atoms with E-state index in [1.54, 1.807) is 37.3 Å². The van der Waals surface area contributed by atoms with E-state index in [2.05, 4.69) is 15.5 Å². The number of aromatic amines is 1. The molecule has 0 aliphatic heterocycles. The molecule has 202 valence electrons. The summed E-state index contributed by atoms with van der Waals surface area (Å²) < 4.78 is 26.1. The summed E-state index contributed by atoms with van der Waals surface area (Å²) >= 11 is 0. The standard InChI is InChI=1S/C31H27FN4O4/c1-2-39-31(38)29-16-28(34-35-29)27-19-36(17-21-8-12-23(32)13-9-21)18-26(27)22-10-14-25(15-11-22)40-20-30(37)33-24-6-4-3-5-7-24/h3-16,18-19H,2,17,20H2,1H3,(H,33,37)(H,34,35). The van der Waals surface area contributed by atoms with Gasteiger partial charge in [-0.05, 0) is 60.5 Å². The number of H-pyrrole nitrogens is 1. The highest BCUT2D eigenvalue weighted by molar-refractivity contribution is 5.92. The summed E-state index contributed by atoms with van der Waals surface area (Å²) in [5.74, 6) is -0.484. The molecule has 0 fully saturated rings. The Labute approximate surface area is 230 Å². The minimum Gasteiger partial charge on any atom is -0.484 e. The van der Waals surface area contributed by atoms with Crippen molar-refractivity contribution in [2.75, 3.05) is 18.5 Å². The summed E-state index contributed by atoms with van der Waals surface area (Å²) in [6.45, 7) is 2.39. The zero-order valence-electron chi connectivity index (χ0n) is 21.8. The van der Waals surface area contributed by atoms with Crippen LogP contribution in [0.5, 0.6) is 5.75 Å². The smallest absolute Gasteiger partial charge is 0.356 e. The van der Waals surface area contributed by atoms with Gasteiger partial charge < -0.3 is 19.4 Å². The van der Waals surface area contributed by atoms with E-state index < -0.39 is 5.97 Å². The molecule has 0 unspecified atom stereocenters. The molecule has 5 rings (SSSR count). The lowest BCUT2D eigenvalue weighted by Crippen LogP contribution is -2.20. The van der Waals surface area contributed by atoms with E-state index in [0.717, 1.165) is 22.3 Å². The van der Waals surface area contributed by atoms with Crippen LogP contribution >= 0.6 is 0 Å². The number of anilines is 1. The lowest BCUT2D eigenvalue weighted by Gasteiger charge is -2.08. The van der Waals surface area contributed by atoms with E-state index in [9.17, 15) is 14.0 Å². The van der Waals surface area contributed by atoms with Crippen LogP contribution in [0.15, 0.2) is 97.3 Å². The molecule has 3 aromatic carbocycles. The van der Waals surface area contributed by atoms with Gasteiger partial charge in [0.15, 0.2) is 6.61 Å². The second-order valence-corrected chi connectivity index (χ2v) is 9.00. The van der Waals surface area contributed by atoms with Crippen molar-refractivity contribution in [1.29, 1.82) is 0 Å². The fourth-order valence-corrected chi connectivity index (χ4v) is 4.21. The number of nitrogens with zero attached hydrogens (tertiary/aromatic N) is 2. The monoisotopic (exact) mass is 538 g/mol. The number of para-hydroxylation sites is 1. The molecular weight excluding hydrogens is 511 g/mol. The zero-order chi connectivity index (χ0) is 27.9. The maximum absolute atomic E-state index is 13.4. The number of halogens is 1. The number of carbonyl (C=O) groups is 2. The maximum atomic E-state index is 13.4. The second-order valence-electron chi connectivity index (χ2n) is 9.00. The van der Waals surface area contributed by atoms with Crippen LogP contribution in [0.4, 0.5) is 10.1 Å². The third-order valence-corrected chi connectivity index (χ3v) is 6.10. The van der Waals surface area contributed by atoms with Crippen LogP contribution in [0.3, 0.4) is 0 Å². The van der Waals surface area contributed by atoms with Crippen molar-refractivity contribution in [2.24, 2.45) is 0 Å². The third kappa shape index (κ3) is 6.44. The Morgan fingerprint density at radius 2 is 1.68 bits per heavy atom. The van der Waals surface area contributed by atoms with Gasteiger partial charge in [0.05, 0.1) is 12.3 Å². The first kappa shape index (κ1) is 26.4. The number of carbonyl (C=O) groups excluding carboxylic acids is 2. The molecule has 2 heterocycles. The third-order valence-electron chi connectivity index (χ3n) is 6.10. The van der Waals surface area contributed by atoms with Crippen molar-refractivity contribution in [3.63, 3.8) is 0 Å². The Hall–Kier alpha value is -5.18. The second kappa shape index (κ2) is 12.1. The molecule has 0 aliphatic carbocycles. The fourth-order valence-electron chi connectivity index (χ4n) is 4.21. The van der Waals surface area contributed by atoms with Crippen molar-refractivity contribution in [3.05, 3.63) is 114 Å². The molecule has 0 saturated heterocycles.